The van der Waals surface area contributed by atoms with Crippen LogP contribution in [0.5, 0.6) is 0 Å². The lowest BCUT2D eigenvalue weighted by Crippen LogP contribution is -2.00. The van der Waals surface area contributed by atoms with Gasteiger partial charge in [-0.25, -0.2) is 9.42 Å². The van der Waals surface area contributed by atoms with Crippen molar-refractivity contribution in [3.8, 4) is 0 Å². The molecule has 5 heteroatoms. The van der Waals surface area contributed by atoms with Crippen molar-refractivity contribution in [1.29, 1.82) is 0 Å². The maximum Gasteiger partial charge on any atom is 0.360 e. The predicted octanol–water partition coefficient (Wildman–Crippen LogP) is 0.645. The largest absolute Gasteiger partial charge is 0.476 e. The third-order valence-electron chi connectivity index (χ3n) is 1.68. The van der Waals surface area contributed by atoms with Crippen LogP contribution < -0.4 is 0 Å². The fourth-order valence-electron chi connectivity index (χ4n) is 0.968. The molecule has 5 nitrogen and oxygen atoms in total. The van der Waals surface area contributed by atoms with Gasteiger partial charge in [-0.2, -0.15) is 0 Å². The summed E-state index contributed by atoms with van der Waals surface area (Å²) in [5.41, 5.74) is 0.463. The van der Waals surface area contributed by atoms with Gasteiger partial charge in [-0.15, -0.1) is 0 Å². The van der Waals surface area contributed by atoms with E-state index in [1.807, 2.05) is 0 Å². The van der Waals surface area contributed by atoms with Crippen molar-refractivity contribution in [1.82, 2.24) is 10.3 Å². The molecule has 1 N–H and O–H groups in total. The molecule has 1 saturated carbocycles. The molecule has 1 fully saturated rings. The lowest BCUT2D eigenvalue weighted by molar-refractivity contribution is 0.0684. The smallest absolute Gasteiger partial charge is 0.360 e. The van der Waals surface area contributed by atoms with Crippen molar-refractivity contribution in [2.24, 2.45) is 0 Å². The molecule has 0 saturated heterocycles. The first-order valence-corrected chi connectivity index (χ1v) is 3.35. The van der Waals surface area contributed by atoms with E-state index in [1.165, 1.54) is 0 Å². The summed E-state index contributed by atoms with van der Waals surface area (Å²) in [6.07, 6.45) is 1.99. The third-order valence-corrected chi connectivity index (χ3v) is 1.68. The molecule has 1 aromatic rings. The van der Waals surface area contributed by atoms with E-state index in [0.717, 1.165) is 12.8 Å². The fourth-order valence-corrected chi connectivity index (χ4v) is 0.968. The predicted molar refractivity (Wildman–Crippen MR) is 33.2 cm³/mol. The van der Waals surface area contributed by atoms with E-state index in [2.05, 4.69) is 14.9 Å². The molecule has 1 aliphatic rings. The standard InChI is InChI=1S/C6H6N2O3/c9-6(10)5-4(3-1-2-3)7-11-8-5/h3H,1-2H2,(H,9,10). The molecule has 0 aliphatic heterocycles. The monoisotopic (exact) mass is 154 g/mol. The van der Waals surface area contributed by atoms with E-state index in [9.17, 15) is 4.79 Å². The Morgan fingerprint density at radius 1 is 1.55 bits per heavy atom. The average Bonchev–Trinajstić information content (AvgIpc) is 2.68. The Hall–Kier alpha value is -1.39. The van der Waals surface area contributed by atoms with Gasteiger partial charge in [0.15, 0.2) is 0 Å². The zero-order valence-electron chi connectivity index (χ0n) is 5.65. The van der Waals surface area contributed by atoms with E-state index in [4.69, 9.17) is 5.11 Å². The molecule has 0 aromatic carbocycles. The highest BCUT2D eigenvalue weighted by Crippen LogP contribution is 2.40. The normalized spacial score (nSPS) is 16.7. The van der Waals surface area contributed by atoms with Gasteiger partial charge in [0.05, 0.1) is 0 Å². The van der Waals surface area contributed by atoms with E-state index < -0.39 is 5.97 Å². The van der Waals surface area contributed by atoms with E-state index >= 15 is 0 Å². The van der Waals surface area contributed by atoms with Gasteiger partial charge in [0.2, 0.25) is 5.69 Å². The van der Waals surface area contributed by atoms with Gasteiger partial charge in [0.1, 0.15) is 5.69 Å². The Morgan fingerprint density at radius 2 is 2.27 bits per heavy atom. The molecular weight excluding hydrogens is 148 g/mol. The highest BCUT2D eigenvalue weighted by Gasteiger charge is 2.32. The third kappa shape index (κ3) is 0.978. The van der Waals surface area contributed by atoms with Crippen molar-refractivity contribution in [2.75, 3.05) is 0 Å². The molecule has 11 heavy (non-hydrogen) atoms. The Balaban J connectivity index is 2.37. The minimum atomic E-state index is -1.06. The Kier molecular flexibility index (Phi) is 1.18. The summed E-state index contributed by atoms with van der Waals surface area (Å²) in [6, 6.07) is 0. The highest BCUT2D eigenvalue weighted by atomic mass is 16.6. The molecule has 0 unspecified atom stereocenters. The van der Waals surface area contributed by atoms with Crippen LogP contribution in [0, 0.1) is 0 Å². The lowest BCUT2D eigenvalue weighted by atomic mass is 10.2. The van der Waals surface area contributed by atoms with Crippen LogP contribution in [0.3, 0.4) is 0 Å². The molecular formula is C6H6N2O3. The number of carboxylic acid groups (broad SMARTS) is 1. The van der Waals surface area contributed by atoms with Gasteiger partial charge in [0, 0.05) is 5.92 Å². The van der Waals surface area contributed by atoms with Crippen molar-refractivity contribution in [2.45, 2.75) is 18.8 Å². The molecule has 0 bridgehead atoms. The van der Waals surface area contributed by atoms with Crippen LogP contribution in [-0.2, 0) is 0 Å². The summed E-state index contributed by atoms with van der Waals surface area (Å²) in [5, 5.41) is 15.4. The Morgan fingerprint density at radius 3 is 2.82 bits per heavy atom. The first-order chi connectivity index (χ1) is 5.29. The number of hydrogen-bond acceptors (Lipinski definition) is 4. The summed E-state index contributed by atoms with van der Waals surface area (Å²) in [6.45, 7) is 0. The van der Waals surface area contributed by atoms with Crippen LogP contribution in [0.1, 0.15) is 34.9 Å². The van der Waals surface area contributed by atoms with Gasteiger partial charge in [0.25, 0.3) is 0 Å². The number of aromatic carboxylic acids is 1. The highest BCUT2D eigenvalue weighted by molar-refractivity contribution is 5.86. The van der Waals surface area contributed by atoms with Crippen molar-refractivity contribution >= 4 is 5.97 Å². The molecule has 0 radical (unpaired) electrons. The minimum absolute atomic E-state index is 0.0347. The van der Waals surface area contributed by atoms with Gasteiger partial charge in [-0.3, -0.25) is 0 Å². The van der Waals surface area contributed by atoms with Crippen LogP contribution in [0.25, 0.3) is 0 Å². The number of carbonyl (C=O) groups is 1. The Labute approximate surface area is 62.0 Å². The summed E-state index contributed by atoms with van der Waals surface area (Å²) < 4.78 is 4.33. The molecule has 0 atom stereocenters. The molecule has 2 rings (SSSR count). The van der Waals surface area contributed by atoms with Crippen molar-refractivity contribution in [3.05, 3.63) is 11.4 Å². The average molecular weight is 154 g/mol. The Bertz CT molecular complexity index is 290. The second-order valence-corrected chi connectivity index (χ2v) is 2.58. The van der Waals surface area contributed by atoms with Crippen LogP contribution in [0.2, 0.25) is 0 Å². The summed E-state index contributed by atoms with van der Waals surface area (Å²) in [4.78, 5) is 10.5. The second-order valence-electron chi connectivity index (χ2n) is 2.58. The fraction of sp³-hybridized carbons (Fsp3) is 0.500. The van der Waals surface area contributed by atoms with Gasteiger partial charge in [-0.05, 0) is 18.0 Å². The maximum absolute atomic E-state index is 10.5. The second kappa shape index (κ2) is 2.05. The topological polar surface area (TPSA) is 76.2 Å². The maximum atomic E-state index is 10.5. The number of hydrogen-bond donors (Lipinski definition) is 1. The van der Waals surface area contributed by atoms with Crippen molar-refractivity contribution < 1.29 is 14.5 Å². The van der Waals surface area contributed by atoms with Crippen LogP contribution in [-0.4, -0.2) is 21.4 Å². The minimum Gasteiger partial charge on any atom is -0.476 e. The van der Waals surface area contributed by atoms with Gasteiger partial charge >= 0.3 is 5.97 Å². The first kappa shape index (κ1) is 6.33. The number of aromatic nitrogens is 2. The van der Waals surface area contributed by atoms with E-state index in [-0.39, 0.29) is 11.6 Å². The zero-order valence-corrected chi connectivity index (χ0v) is 5.65. The number of carboxylic acids is 1. The molecule has 1 aromatic heterocycles. The number of nitrogens with zero attached hydrogens (tertiary/aromatic N) is 2. The zero-order chi connectivity index (χ0) is 7.84. The molecule has 0 spiro atoms. The van der Waals surface area contributed by atoms with Crippen LogP contribution >= 0.6 is 0 Å². The molecule has 0 amide bonds. The van der Waals surface area contributed by atoms with Crippen LogP contribution in [0.15, 0.2) is 4.63 Å². The van der Waals surface area contributed by atoms with Crippen LogP contribution in [0.4, 0.5) is 0 Å². The summed E-state index contributed by atoms with van der Waals surface area (Å²) in [5.74, 6) is -0.791. The number of rotatable bonds is 2. The SMILES string of the molecule is O=C(O)c1nonc1C1CC1. The van der Waals surface area contributed by atoms with E-state index in [1.54, 1.807) is 0 Å². The summed E-state index contributed by atoms with van der Waals surface area (Å²) >= 11 is 0. The molecule has 1 aliphatic carbocycles. The van der Waals surface area contributed by atoms with E-state index in [0.29, 0.717) is 5.69 Å². The molecule has 58 valence electrons. The first-order valence-electron chi connectivity index (χ1n) is 3.35. The quantitative estimate of drug-likeness (QED) is 0.676. The molecule has 1 heterocycles. The lowest BCUT2D eigenvalue weighted by Gasteiger charge is -1.86. The van der Waals surface area contributed by atoms with Gasteiger partial charge in [-0.1, -0.05) is 5.16 Å². The van der Waals surface area contributed by atoms with Gasteiger partial charge < -0.3 is 5.11 Å². The van der Waals surface area contributed by atoms with Crippen molar-refractivity contribution in [3.63, 3.8) is 0 Å². The summed E-state index contributed by atoms with van der Waals surface area (Å²) in [7, 11) is 0.